The maximum absolute atomic E-state index is 2.46. The van der Waals surface area contributed by atoms with Gasteiger partial charge in [0, 0.05) is 0 Å². The van der Waals surface area contributed by atoms with Crippen LogP contribution in [0.3, 0.4) is 0 Å². The van der Waals surface area contributed by atoms with Crippen molar-refractivity contribution in [1.82, 2.24) is 0 Å². The molecule has 1 aliphatic rings. The minimum absolute atomic E-state index is 0.552. The van der Waals surface area contributed by atoms with Crippen LogP contribution in [0.25, 0.3) is 6.08 Å². The molecule has 0 unspecified atom stereocenters. The van der Waals surface area contributed by atoms with E-state index in [2.05, 4.69) is 66.7 Å². The zero-order valence-electron chi connectivity index (χ0n) is 13.8. The molecule has 2 aromatic rings. The average Bonchev–Trinajstić information content (AvgIpc) is 2.62. The normalized spacial score (nSPS) is 16.4. The van der Waals surface area contributed by atoms with Gasteiger partial charge in [-0.1, -0.05) is 0 Å². The molecule has 0 atom stereocenters. The van der Waals surface area contributed by atoms with Crippen molar-refractivity contribution in [3.05, 3.63) is 71.8 Å². The summed E-state index contributed by atoms with van der Waals surface area (Å²) in [5, 5.41) is 1.25. The van der Waals surface area contributed by atoms with Gasteiger partial charge in [0.25, 0.3) is 0 Å². The maximum atomic E-state index is 2.46. The first-order valence-corrected chi connectivity index (χ1v) is 10.9. The summed E-state index contributed by atoms with van der Waals surface area (Å²) < 4.78 is 1.52. The second kappa shape index (κ2) is 9.11. The zero-order valence-corrected chi connectivity index (χ0v) is 15.5. The summed E-state index contributed by atoms with van der Waals surface area (Å²) >= 11 is 0.552. The van der Waals surface area contributed by atoms with Crippen LogP contribution in [0.5, 0.6) is 0 Å². The molecule has 1 saturated carbocycles. The van der Waals surface area contributed by atoms with Crippen molar-refractivity contribution in [2.75, 3.05) is 0 Å². The Labute approximate surface area is 147 Å². The average molecular weight is 369 g/mol. The van der Waals surface area contributed by atoms with Crippen LogP contribution >= 0.6 is 0 Å². The molecule has 0 spiro atoms. The quantitative estimate of drug-likeness (QED) is 0.591. The fourth-order valence-corrected chi connectivity index (χ4v) is 5.29. The van der Waals surface area contributed by atoms with E-state index >= 15 is 0 Å². The monoisotopic (exact) mass is 370 g/mol. The molecule has 1 fully saturated rings. The van der Waals surface area contributed by atoms with Crippen LogP contribution in [0.15, 0.2) is 66.2 Å². The molecule has 0 heterocycles. The molecule has 0 amide bonds. The van der Waals surface area contributed by atoms with Crippen LogP contribution in [0.2, 0.25) is 5.32 Å². The van der Waals surface area contributed by atoms with Gasteiger partial charge >= 0.3 is 147 Å². The van der Waals surface area contributed by atoms with Gasteiger partial charge in [-0.25, -0.2) is 0 Å². The molecule has 1 aliphatic carbocycles. The van der Waals surface area contributed by atoms with Gasteiger partial charge in [0.05, 0.1) is 0 Å². The third-order valence-electron chi connectivity index (χ3n) is 4.61. The van der Waals surface area contributed by atoms with E-state index in [-0.39, 0.29) is 0 Å². The van der Waals surface area contributed by atoms with Crippen LogP contribution in [0.4, 0.5) is 0 Å². The van der Waals surface area contributed by atoms with Crippen LogP contribution in [-0.4, -0.2) is 15.0 Å². The first-order chi connectivity index (χ1) is 11.4. The Kier molecular flexibility index (Phi) is 6.55. The van der Waals surface area contributed by atoms with E-state index in [9.17, 15) is 0 Å². The minimum atomic E-state index is 0.552. The molecule has 0 aromatic heterocycles. The second-order valence-electron chi connectivity index (χ2n) is 6.52. The number of hydrogen-bond donors (Lipinski definition) is 0. The molecule has 0 nitrogen and oxygen atoms in total. The van der Waals surface area contributed by atoms with Crippen molar-refractivity contribution >= 4 is 25.5 Å². The summed E-state index contributed by atoms with van der Waals surface area (Å²) in [6.07, 6.45) is 11.0. The third kappa shape index (κ3) is 5.68. The molecular weight excluding hydrogens is 343 g/mol. The zero-order chi connectivity index (χ0) is 15.7. The topological polar surface area (TPSA) is 0 Å². The number of benzene rings is 2. The summed E-state index contributed by atoms with van der Waals surface area (Å²) in [5.74, 6) is 0.922. The van der Waals surface area contributed by atoms with Gasteiger partial charge in [-0.2, -0.15) is 0 Å². The first kappa shape index (κ1) is 16.6. The van der Waals surface area contributed by atoms with Crippen LogP contribution < -0.4 is 4.46 Å². The second-order valence-corrected chi connectivity index (χ2v) is 8.72. The Hall–Kier alpha value is -1.30. The van der Waals surface area contributed by atoms with Crippen LogP contribution in [0.1, 0.15) is 44.1 Å². The van der Waals surface area contributed by atoms with E-state index in [0.29, 0.717) is 15.0 Å². The van der Waals surface area contributed by atoms with Crippen LogP contribution in [-0.2, 0) is 0 Å². The van der Waals surface area contributed by atoms with Crippen molar-refractivity contribution in [3.63, 3.8) is 0 Å². The van der Waals surface area contributed by atoms with Crippen molar-refractivity contribution in [3.8, 4) is 0 Å². The van der Waals surface area contributed by atoms with E-state index in [1.807, 2.05) is 0 Å². The Balaban J connectivity index is 1.68. The van der Waals surface area contributed by atoms with Gasteiger partial charge < -0.3 is 0 Å². The van der Waals surface area contributed by atoms with Crippen molar-refractivity contribution in [1.29, 1.82) is 0 Å². The number of allylic oxidation sites excluding steroid dienone is 1. The van der Waals surface area contributed by atoms with E-state index in [4.69, 9.17) is 0 Å². The van der Waals surface area contributed by atoms with Crippen molar-refractivity contribution in [2.24, 2.45) is 5.92 Å². The predicted molar refractivity (Wildman–Crippen MR) is 102 cm³/mol. The van der Waals surface area contributed by atoms with E-state index < -0.39 is 0 Å². The van der Waals surface area contributed by atoms with Gasteiger partial charge in [-0.3, -0.25) is 0 Å². The van der Waals surface area contributed by atoms with Gasteiger partial charge in [-0.05, 0) is 0 Å². The Morgan fingerprint density at radius 3 is 2.22 bits per heavy atom. The van der Waals surface area contributed by atoms with Gasteiger partial charge in [0.15, 0.2) is 0 Å². The molecular formula is C22H26Se. The summed E-state index contributed by atoms with van der Waals surface area (Å²) in [4.78, 5) is 0. The molecule has 0 radical (unpaired) electrons. The standard InChI is InChI=1S/C22H26Se/c1-4-10-19(11-5-1)16-21(17-20-12-6-2-7-13-20)18-23-22-14-8-3-9-15-22/h1,3-5,8-11,14-16,20H,2,6-7,12-13,17-18H2/b21-16-. The Morgan fingerprint density at radius 2 is 1.52 bits per heavy atom. The summed E-state index contributed by atoms with van der Waals surface area (Å²) in [5.41, 5.74) is 3.02. The SMILES string of the molecule is C(=C(/C[Se]c1ccccc1)CC1CCCCC1)/c1ccccc1. The van der Waals surface area contributed by atoms with Gasteiger partial charge in [0.1, 0.15) is 0 Å². The molecule has 0 saturated heterocycles. The summed E-state index contributed by atoms with van der Waals surface area (Å²) in [6, 6.07) is 21.9. The molecule has 0 N–H and O–H groups in total. The molecule has 0 bridgehead atoms. The molecule has 120 valence electrons. The van der Waals surface area contributed by atoms with Crippen LogP contribution in [0, 0.1) is 5.92 Å². The molecule has 3 rings (SSSR count). The third-order valence-corrected chi connectivity index (χ3v) is 6.96. The van der Waals surface area contributed by atoms with Gasteiger partial charge in [-0.15, -0.1) is 0 Å². The predicted octanol–water partition coefficient (Wildman–Crippen LogP) is 5.49. The Bertz CT molecular complexity index is 594. The van der Waals surface area contributed by atoms with E-state index in [1.165, 1.54) is 53.9 Å². The van der Waals surface area contributed by atoms with E-state index in [1.54, 1.807) is 5.57 Å². The first-order valence-electron chi connectivity index (χ1n) is 8.82. The van der Waals surface area contributed by atoms with Crippen molar-refractivity contribution < 1.29 is 0 Å². The van der Waals surface area contributed by atoms with Gasteiger partial charge in [0.2, 0.25) is 0 Å². The Morgan fingerprint density at radius 1 is 0.870 bits per heavy atom. The molecule has 1 heteroatoms. The number of rotatable bonds is 6. The fraction of sp³-hybridized carbons (Fsp3) is 0.364. The fourth-order valence-electron chi connectivity index (χ4n) is 3.40. The summed E-state index contributed by atoms with van der Waals surface area (Å²) in [7, 11) is 0. The van der Waals surface area contributed by atoms with Crippen molar-refractivity contribution in [2.45, 2.75) is 43.8 Å². The summed E-state index contributed by atoms with van der Waals surface area (Å²) in [6.45, 7) is 0. The van der Waals surface area contributed by atoms with E-state index in [0.717, 1.165) is 5.92 Å². The molecule has 2 aromatic carbocycles. The number of hydrogen-bond acceptors (Lipinski definition) is 0. The molecule has 23 heavy (non-hydrogen) atoms. The molecule has 0 aliphatic heterocycles.